The van der Waals surface area contributed by atoms with Crippen LogP contribution in [0, 0.1) is 11.3 Å². The zero-order chi connectivity index (χ0) is 11.3. The highest BCUT2D eigenvalue weighted by Gasteiger charge is 2.05. The fraction of sp³-hybridized carbons (Fsp3) is 0.364. The number of hydrogen-bond acceptors (Lipinski definition) is 4. The Hall–Kier alpha value is -1.18. The first-order valence-electron chi connectivity index (χ1n) is 4.74. The molecule has 4 heteroatoms. The molecule has 0 radical (unpaired) electrons. The fourth-order valence-corrected chi connectivity index (χ4v) is 2.20. The number of anilines is 1. The van der Waals surface area contributed by atoms with Gasteiger partial charge in [-0.25, -0.2) is 0 Å². The van der Waals surface area contributed by atoms with Gasteiger partial charge in [0.25, 0.3) is 0 Å². The van der Waals surface area contributed by atoms with Crippen LogP contribution < -0.4 is 5.73 Å². The maximum atomic E-state index is 8.80. The van der Waals surface area contributed by atoms with Gasteiger partial charge in [-0.15, -0.1) is 11.8 Å². The number of thioether (sulfide) groups is 1. The van der Waals surface area contributed by atoms with Gasteiger partial charge < -0.3 is 10.8 Å². The largest absolute Gasteiger partial charge is 0.398 e. The number of benzene rings is 1. The molecular formula is C11H14N2OS. The third kappa shape index (κ3) is 3.46. The molecule has 3 nitrogen and oxygen atoms in total. The second-order valence-corrected chi connectivity index (χ2v) is 4.81. The molecule has 1 aromatic carbocycles. The van der Waals surface area contributed by atoms with Crippen LogP contribution in [0.25, 0.3) is 0 Å². The summed E-state index contributed by atoms with van der Waals surface area (Å²) in [6, 6.07) is 7.48. The molecule has 3 N–H and O–H groups in total. The molecule has 0 aliphatic carbocycles. The highest BCUT2D eigenvalue weighted by Crippen LogP contribution is 2.27. The molecule has 0 bridgehead atoms. The Morgan fingerprint density at radius 1 is 1.60 bits per heavy atom. The third-order valence-electron chi connectivity index (χ3n) is 2.02. The van der Waals surface area contributed by atoms with Crippen molar-refractivity contribution in [1.29, 1.82) is 5.26 Å². The highest BCUT2D eigenvalue weighted by molar-refractivity contribution is 7.99. The summed E-state index contributed by atoms with van der Waals surface area (Å²) in [5.74, 6) is 0. The third-order valence-corrected chi connectivity index (χ3v) is 3.18. The summed E-state index contributed by atoms with van der Waals surface area (Å²) in [7, 11) is 0. The molecule has 80 valence electrons. The maximum absolute atomic E-state index is 8.80. The smallest absolute Gasteiger partial charge is 0.101 e. The highest BCUT2D eigenvalue weighted by atomic mass is 32.2. The lowest BCUT2D eigenvalue weighted by Gasteiger charge is -2.09. The summed E-state index contributed by atoms with van der Waals surface area (Å²) in [6.07, 6.45) is 0.747. The lowest BCUT2D eigenvalue weighted by molar-refractivity contribution is 0.289. The molecular weight excluding hydrogens is 208 g/mol. The van der Waals surface area contributed by atoms with Crippen molar-refractivity contribution in [2.45, 2.75) is 23.5 Å². The number of nitrogen functional groups attached to an aromatic ring is 1. The number of hydrogen-bond donors (Lipinski definition) is 2. The Kier molecular flexibility index (Phi) is 4.47. The van der Waals surface area contributed by atoms with Gasteiger partial charge in [0.15, 0.2) is 0 Å². The lowest BCUT2D eigenvalue weighted by Crippen LogP contribution is -1.99. The second-order valence-electron chi connectivity index (χ2n) is 3.30. The monoisotopic (exact) mass is 222 g/mol. The molecule has 0 aromatic heterocycles. The van der Waals surface area contributed by atoms with E-state index < -0.39 is 0 Å². The molecule has 15 heavy (non-hydrogen) atoms. The van der Waals surface area contributed by atoms with Crippen LogP contribution in [-0.4, -0.2) is 17.0 Å². The summed E-state index contributed by atoms with van der Waals surface area (Å²) >= 11 is 1.64. The molecule has 1 rings (SSSR count). The molecule has 0 saturated carbocycles. The van der Waals surface area contributed by atoms with Crippen LogP contribution in [0.2, 0.25) is 0 Å². The van der Waals surface area contributed by atoms with E-state index in [9.17, 15) is 0 Å². The topological polar surface area (TPSA) is 70.0 Å². The van der Waals surface area contributed by atoms with Gasteiger partial charge in [-0.05, 0) is 24.6 Å². The van der Waals surface area contributed by atoms with Gasteiger partial charge in [0, 0.05) is 22.4 Å². The summed E-state index contributed by atoms with van der Waals surface area (Å²) < 4.78 is 0. The Balaban J connectivity index is 2.75. The van der Waals surface area contributed by atoms with E-state index in [0.717, 1.165) is 11.3 Å². The first-order chi connectivity index (χ1) is 7.17. The molecule has 1 atom stereocenters. The van der Waals surface area contributed by atoms with E-state index in [4.69, 9.17) is 16.1 Å². The SMILES string of the molecule is CC(CCO)Sc1ccc(N)c(C#N)c1. The minimum Gasteiger partial charge on any atom is -0.398 e. The molecule has 1 unspecified atom stereocenters. The molecule has 1 aromatic rings. The number of aliphatic hydroxyl groups is 1. The first-order valence-corrected chi connectivity index (χ1v) is 5.62. The Bertz CT molecular complexity index is 373. The van der Waals surface area contributed by atoms with Crippen LogP contribution in [0.3, 0.4) is 0 Å². The average molecular weight is 222 g/mol. The lowest BCUT2D eigenvalue weighted by atomic mass is 10.2. The Morgan fingerprint density at radius 2 is 2.33 bits per heavy atom. The number of nitrogens with two attached hydrogens (primary N) is 1. The zero-order valence-electron chi connectivity index (χ0n) is 8.60. The van der Waals surface area contributed by atoms with E-state index in [0.29, 0.717) is 16.5 Å². The van der Waals surface area contributed by atoms with Crippen LogP contribution in [-0.2, 0) is 0 Å². The van der Waals surface area contributed by atoms with E-state index in [1.807, 2.05) is 13.0 Å². The van der Waals surface area contributed by atoms with Crippen molar-refractivity contribution >= 4 is 17.4 Å². The van der Waals surface area contributed by atoms with Gasteiger partial charge in [-0.2, -0.15) is 5.26 Å². The predicted molar refractivity (Wildman–Crippen MR) is 62.6 cm³/mol. The van der Waals surface area contributed by atoms with Gasteiger partial charge >= 0.3 is 0 Å². The average Bonchev–Trinajstić information content (AvgIpc) is 2.21. The summed E-state index contributed by atoms with van der Waals surface area (Å²) in [4.78, 5) is 1.02. The molecule has 0 amide bonds. The Morgan fingerprint density at radius 3 is 2.93 bits per heavy atom. The summed E-state index contributed by atoms with van der Waals surface area (Å²) in [6.45, 7) is 2.23. The van der Waals surface area contributed by atoms with Crippen molar-refractivity contribution in [3.63, 3.8) is 0 Å². The number of nitrogens with zero attached hydrogens (tertiary/aromatic N) is 1. The van der Waals surface area contributed by atoms with E-state index in [2.05, 4.69) is 6.07 Å². The number of rotatable bonds is 4. The second kappa shape index (κ2) is 5.64. The minimum atomic E-state index is 0.189. The van der Waals surface area contributed by atoms with Crippen LogP contribution >= 0.6 is 11.8 Å². The minimum absolute atomic E-state index is 0.189. The van der Waals surface area contributed by atoms with Gasteiger partial charge in [0.05, 0.1) is 5.56 Å². The molecule has 0 saturated heterocycles. The maximum Gasteiger partial charge on any atom is 0.101 e. The van der Waals surface area contributed by atoms with Crippen molar-refractivity contribution in [2.75, 3.05) is 12.3 Å². The van der Waals surface area contributed by atoms with Crippen LogP contribution in [0.4, 0.5) is 5.69 Å². The quantitative estimate of drug-likeness (QED) is 0.604. The van der Waals surface area contributed by atoms with Gasteiger partial charge in [-0.1, -0.05) is 6.92 Å². The van der Waals surface area contributed by atoms with Gasteiger partial charge in [-0.3, -0.25) is 0 Å². The molecule has 0 aliphatic heterocycles. The van der Waals surface area contributed by atoms with E-state index in [-0.39, 0.29) is 6.61 Å². The van der Waals surface area contributed by atoms with E-state index in [1.165, 1.54) is 0 Å². The zero-order valence-corrected chi connectivity index (χ0v) is 9.42. The first kappa shape index (κ1) is 11.9. The van der Waals surface area contributed by atoms with E-state index in [1.54, 1.807) is 23.9 Å². The standard InChI is InChI=1S/C11H14N2OS/c1-8(4-5-14)15-10-2-3-11(13)9(6-10)7-12/h2-3,6,8,14H,4-5,13H2,1H3. The van der Waals surface area contributed by atoms with Crippen LogP contribution in [0.15, 0.2) is 23.1 Å². The van der Waals surface area contributed by atoms with Crippen LogP contribution in [0.5, 0.6) is 0 Å². The molecule has 0 spiro atoms. The summed E-state index contributed by atoms with van der Waals surface area (Å²) in [5.41, 5.74) is 6.64. The van der Waals surface area contributed by atoms with E-state index >= 15 is 0 Å². The van der Waals surface area contributed by atoms with Crippen molar-refractivity contribution in [2.24, 2.45) is 0 Å². The number of aliphatic hydroxyl groups excluding tert-OH is 1. The summed E-state index contributed by atoms with van der Waals surface area (Å²) in [5, 5.41) is 17.9. The van der Waals surface area contributed by atoms with Crippen LogP contribution in [0.1, 0.15) is 18.9 Å². The van der Waals surface area contributed by atoms with Crippen molar-refractivity contribution in [3.05, 3.63) is 23.8 Å². The number of nitriles is 1. The molecule has 0 heterocycles. The van der Waals surface area contributed by atoms with Crippen molar-refractivity contribution in [3.8, 4) is 6.07 Å². The van der Waals surface area contributed by atoms with Crippen molar-refractivity contribution < 1.29 is 5.11 Å². The molecule has 0 fully saturated rings. The normalized spacial score (nSPS) is 12.1. The van der Waals surface area contributed by atoms with Crippen molar-refractivity contribution in [1.82, 2.24) is 0 Å². The fourth-order valence-electron chi connectivity index (χ4n) is 1.18. The molecule has 0 aliphatic rings. The Labute approximate surface area is 93.9 Å². The predicted octanol–water partition coefficient (Wildman–Crippen LogP) is 2.00. The van der Waals surface area contributed by atoms with Gasteiger partial charge in [0.1, 0.15) is 6.07 Å². The van der Waals surface area contributed by atoms with Gasteiger partial charge in [0.2, 0.25) is 0 Å².